The van der Waals surface area contributed by atoms with E-state index in [-0.39, 0.29) is 42.6 Å². The van der Waals surface area contributed by atoms with Crippen molar-refractivity contribution >= 4 is 23.5 Å². The van der Waals surface area contributed by atoms with Gasteiger partial charge in [-0.2, -0.15) is 0 Å². The summed E-state index contributed by atoms with van der Waals surface area (Å²) in [5.41, 5.74) is -0.425. The lowest BCUT2D eigenvalue weighted by Gasteiger charge is -2.19. The van der Waals surface area contributed by atoms with Crippen LogP contribution in [0.5, 0.6) is 0 Å². The van der Waals surface area contributed by atoms with Gasteiger partial charge >= 0.3 is 5.97 Å². The number of nitro groups is 1. The number of nitrogens with one attached hydrogen (secondary N) is 2. The quantitative estimate of drug-likeness (QED) is 0.220. The smallest absolute Gasteiger partial charge is 0.308 e. The highest BCUT2D eigenvalue weighted by Gasteiger charge is 2.26. The van der Waals surface area contributed by atoms with Gasteiger partial charge in [-0.3, -0.25) is 24.5 Å². The summed E-state index contributed by atoms with van der Waals surface area (Å²) in [5, 5.41) is 16.4. The Morgan fingerprint density at radius 1 is 1.12 bits per heavy atom. The number of ether oxygens (including phenoxy) is 1. The van der Waals surface area contributed by atoms with Crippen LogP contribution in [0.4, 0.5) is 14.5 Å². The Kier molecular flexibility index (Phi) is 9.60. The molecule has 2 amide bonds. The second kappa shape index (κ2) is 12.4. The van der Waals surface area contributed by atoms with Crippen molar-refractivity contribution in [3.63, 3.8) is 0 Å². The SMILES string of the molecule is CC(C)OC(=O)CC(NC(=O)CCCNC(=O)c1ccc(F)cc1F)c1ccccc1[N+](=O)[O-]. The number of carbonyl (C=O) groups is 3. The van der Waals surface area contributed by atoms with E-state index in [2.05, 4.69) is 10.6 Å². The average molecular weight is 477 g/mol. The van der Waals surface area contributed by atoms with Crippen LogP contribution in [0.15, 0.2) is 42.5 Å². The van der Waals surface area contributed by atoms with Gasteiger partial charge < -0.3 is 15.4 Å². The van der Waals surface area contributed by atoms with E-state index >= 15 is 0 Å². The zero-order chi connectivity index (χ0) is 25.3. The number of esters is 1. The zero-order valence-electron chi connectivity index (χ0n) is 18.7. The first-order valence-corrected chi connectivity index (χ1v) is 10.5. The Morgan fingerprint density at radius 3 is 2.47 bits per heavy atom. The maximum absolute atomic E-state index is 13.7. The molecular weight excluding hydrogens is 452 g/mol. The summed E-state index contributed by atoms with van der Waals surface area (Å²) in [6, 6.07) is 7.31. The molecule has 0 aliphatic heterocycles. The molecule has 0 heterocycles. The van der Waals surface area contributed by atoms with Crippen LogP contribution in [0.1, 0.15) is 55.1 Å². The van der Waals surface area contributed by atoms with Crippen molar-refractivity contribution in [2.45, 2.75) is 45.3 Å². The summed E-state index contributed by atoms with van der Waals surface area (Å²) in [5.74, 6) is -3.71. The van der Waals surface area contributed by atoms with Crippen molar-refractivity contribution in [1.82, 2.24) is 10.6 Å². The Labute approximate surface area is 194 Å². The maximum atomic E-state index is 13.7. The average Bonchev–Trinajstić information content (AvgIpc) is 2.75. The number of hydrogen-bond donors (Lipinski definition) is 2. The number of carbonyl (C=O) groups excluding carboxylic acids is 3. The first kappa shape index (κ1) is 26.4. The highest BCUT2D eigenvalue weighted by Crippen LogP contribution is 2.27. The molecule has 2 rings (SSSR count). The molecule has 0 aliphatic rings. The van der Waals surface area contributed by atoms with E-state index in [0.717, 1.165) is 12.1 Å². The summed E-state index contributed by atoms with van der Waals surface area (Å²) in [4.78, 5) is 47.4. The first-order chi connectivity index (χ1) is 16.1. The lowest BCUT2D eigenvalue weighted by atomic mass is 10.0. The summed E-state index contributed by atoms with van der Waals surface area (Å²) in [6.45, 7) is 3.33. The maximum Gasteiger partial charge on any atom is 0.308 e. The van der Waals surface area contributed by atoms with Crippen LogP contribution in [0, 0.1) is 21.7 Å². The van der Waals surface area contributed by atoms with Crippen molar-refractivity contribution in [3.05, 3.63) is 75.3 Å². The number of amides is 2. The second-order valence-corrected chi connectivity index (χ2v) is 7.66. The third-order valence-corrected chi connectivity index (χ3v) is 4.62. The molecule has 0 aromatic heterocycles. The summed E-state index contributed by atoms with van der Waals surface area (Å²) in [6.07, 6.45) is -0.623. The van der Waals surface area contributed by atoms with Crippen LogP contribution in [-0.2, 0) is 14.3 Å². The highest BCUT2D eigenvalue weighted by molar-refractivity contribution is 5.94. The zero-order valence-corrected chi connectivity index (χ0v) is 18.7. The molecule has 0 aliphatic carbocycles. The van der Waals surface area contributed by atoms with Gasteiger partial charge in [0.15, 0.2) is 0 Å². The molecule has 2 aromatic carbocycles. The minimum absolute atomic E-state index is 0.0224. The van der Waals surface area contributed by atoms with E-state index in [1.54, 1.807) is 19.9 Å². The molecule has 2 N–H and O–H groups in total. The molecule has 0 saturated heterocycles. The predicted molar refractivity (Wildman–Crippen MR) is 118 cm³/mol. The van der Waals surface area contributed by atoms with Gasteiger partial charge in [-0.1, -0.05) is 18.2 Å². The molecule has 9 nitrogen and oxygen atoms in total. The molecule has 0 bridgehead atoms. The Bertz CT molecular complexity index is 1060. The van der Waals surface area contributed by atoms with Crippen molar-refractivity contribution < 1.29 is 32.8 Å². The molecule has 0 radical (unpaired) electrons. The summed E-state index contributed by atoms with van der Waals surface area (Å²) < 4.78 is 31.7. The molecule has 11 heteroatoms. The Balaban J connectivity index is 1.98. The fourth-order valence-corrected chi connectivity index (χ4v) is 3.15. The van der Waals surface area contributed by atoms with Crippen molar-refractivity contribution in [2.75, 3.05) is 6.54 Å². The molecule has 0 fully saturated rings. The molecule has 0 spiro atoms. The monoisotopic (exact) mass is 477 g/mol. The minimum atomic E-state index is -1.00. The van der Waals surface area contributed by atoms with E-state index in [1.807, 2.05) is 0 Å². The largest absolute Gasteiger partial charge is 0.463 e. The van der Waals surface area contributed by atoms with Crippen LogP contribution in [0.3, 0.4) is 0 Å². The normalized spacial score (nSPS) is 11.6. The van der Waals surface area contributed by atoms with E-state index in [4.69, 9.17) is 4.74 Å². The third-order valence-electron chi connectivity index (χ3n) is 4.62. The number of benzene rings is 2. The van der Waals surface area contributed by atoms with Crippen LogP contribution in [-0.4, -0.2) is 35.4 Å². The number of halogens is 2. The van der Waals surface area contributed by atoms with Crippen molar-refractivity contribution in [2.24, 2.45) is 0 Å². The van der Waals surface area contributed by atoms with Crippen molar-refractivity contribution in [3.8, 4) is 0 Å². The molecular formula is C23H25F2N3O6. The first-order valence-electron chi connectivity index (χ1n) is 10.5. The number of nitrogens with zero attached hydrogens (tertiary/aromatic N) is 1. The van der Waals surface area contributed by atoms with Crippen LogP contribution < -0.4 is 10.6 Å². The van der Waals surface area contributed by atoms with E-state index in [0.29, 0.717) is 6.07 Å². The van der Waals surface area contributed by atoms with Gasteiger partial charge in [-0.25, -0.2) is 8.78 Å². The molecule has 0 saturated carbocycles. The lowest BCUT2D eigenvalue weighted by Crippen LogP contribution is -2.32. The summed E-state index contributed by atoms with van der Waals surface area (Å²) in [7, 11) is 0. The molecule has 182 valence electrons. The van der Waals surface area contributed by atoms with Crippen LogP contribution >= 0.6 is 0 Å². The van der Waals surface area contributed by atoms with Crippen LogP contribution in [0.2, 0.25) is 0 Å². The Morgan fingerprint density at radius 2 is 1.82 bits per heavy atom. The number of nitro benzene ring substituents is 1. The van der Waals surface area contributed by atoms with Gasteiger partial charge in [0.25, 0.3) is 11.6 Å². The molecule has 1 unspecified atom stereocenters. The highest BCUT2D eigenvalue weighted by atomic mass is 19.1. The topological polar surface area (TPSA) is 128 Å². The predicted octanol–water partition coefficient (Wildman–Crippen LogP) is 3.58. The van der Waals surface area contributed by atoms with Gasteiger partial charge in [-0.05, 0) is 32.4 Å². The van der Waals surface area contributed by atoms with E-state index in [1.165, 1.54) is 18.2 Å². The minimum Gasteiger partial charge on any atom is -0.463 e. The van der Waals surface area contributed by atoms with Crippen molar-refractivity contribution in [1.29, 1.82) is 0 Å². The van der Waals surface area contributed by atoms with Gasteiger partial charge in [0, 0.05) is 25.1 Å². The lowest BCUT2D eigenvalue weighted by molar-refractivity contribution is -0.385. The van der Waals surface area contributed by atoms with Gasteiger partial charge in [-0.15, -0.1) is 0 Å². The summed E-state index contributed by atoms with van der Waals surface area (Å²) >= 11 is 0. The number of para-hydroxylation sites is 1. The molecule has 1 atom stereocenters. The Hall–Kier alpha value is -3.89. The molecule has 2 aromatic rings. The third kappa shape index (κ3) is 7.91. The fraction of sp³-hybridized carbons (Fsp3) is 0.348. The van der Waals surface area contributed by atoms with Gasteiger partial charge in [0.2, 0.25) is 5.91 Å². The van der Waals surface area contributed by atoms with E-state index in [9.17, 15) is 33.3 Å². The number of hydrogen-bond acceptors (Lipinski definition) is 6. The second-order valence-electron chi connectivity index (χ2n) is 7.66. The van der Waals surface area contributed by atoms with Crippen LogP contribution in [0.25, 0.3) is 0 Å². The van der Waals surface area contributed by atoms with Gasteiger partial charge in [0.1, 0.15) is 11.6 Å². The molecule has 34 heavy (non-hydrogen) atoms. The van der Waals surface area contributed by atoms with Gasteiger partial charge in [0.05, 0.1) is 34.6 Å². The fourth-order valence-electron chi connectivity index (χ4n) is 3.15. The standard InChI is InChI=1S/C23H25F2N3O6/c1-14(2)34-22(30)13-19(17-6-3-4-7-20(17)28(32)33)27-21(29)8-5-11-26-23(31)16-10-9-15(24)12-18(16)25/h3-4,6-7,9-10,12,14,19H,5,8,11,13H2,1-2H3,(H,26,31)(H,27,29). The van der Waals surface area contributed by atoms with E-state index < -0.39 is 46.5 Å². The number of rotatable bonds is 11.